The summed E-state index contributed by atoms with van der Waals surface area (Å²) in [5.74, 6) is 0.726. The van der Waals surface area contributed by atoms with Crippen LogP contribution in [0, 0.1) is 5.82 Å². The fourth-order valence-electron chi connectivity index (χ4n) is 2.57. The van der Waals surface area contributed by atoms with Crippen molar-refractivity contribution in [1.29, 1.82) is 0 Å². The summed E-state index contributed by atoms with van der Waals surface area (Å²) in [5, 5.41) is 3.05. The smallest absolute Gasteiger partial charge is 0.240 e. The molecule has 0 aromatic heterocycles. The number of nitrogens with one attached hydrogen (secondary N) is 1. The molecule has 2 rings (SSSR count). The Balaban J connectivity index is 1.86. The van der Waals surface area contributed by atoms with Gasteiger partial charge < -0.3 is 10.1 Å². The van der Waals surface area contributed by atoms with Crippen LogP contribution in [0.3, 0.4) is 0 Å². The predicted molar refractivity (Wildman–Crippen MR) is 120 cm³/mol. The van der Waals surface area contributed by atoms with Crippen LogP contribution in [0.25, 0.3) is 0 Å². The number of thioether (sulfide) groups is 1. The molecule has 0 fully saturated rings. The minimum absolute atomic E-state index is 0.316. The molecule has 0 unspecified atom stereocenters. The molecule has 0 radical (unpaired) electrons. The van der Waals surface area contributed by atoms with Crippen molar-refractivity contribution in [2.24, 2.45) is 0 Å². The summed E-state index contributed by atoms with van der Waals surface area (Å²) in [5.41, 5.74) is 0.800. The zero-order chi connectivity index (χ0) is 22.1. The summed E-state index contributed by atoms with van der Waals surface area (Å²) in [4.78, 5) is 12.3. The van der Waals surface area contributed by atoms with Crippen molar-refractivity contribution in [2.75, 3.05) is 36.0 Å². The Morgan fingerprint density at radius 2 is 1.93 bits per heavy atom. The van der Waals surface area contributed by atoms with Gasteiger partial charge in [0.2, 0.25) is 15.9 Å². The lowest BCUT2D eigenvalue weighted by Gasteiger charge is -2.22. The zero-order valence-electron chi connectivity index (χ0n) is 16.7. The fraction of sp³-hybridized carbons (Fsp3) is 0.350. The van der Waals surface area contributed by atoms with Crippen molar-refractivity contribution in [2.45, 2.75) is 12.7 Å². The van der Waals surface area contributed by atoms with Gasteiger partial charge in [0.15, 0.2) is 0 Å². The number of sulfonamides is 1. The third-order valence-electron chi connectivity index (χ3n) is 4.00. The Kier molecular flexibility index (Phi) is 9.26. The number of amides is 1. The molecule has 164 valence electrons. The van der Waals surface area contributed by atoms with Crippen molar-refractivity contribution in [3.63, 3.8) is 0 Å². The lowest BCUT2D eigenvalue weighted by molar-refractivity contribution is -0.119. The van der Waals surface area contributed by atoms with Crippen molar-refractivity contribution < 1.29 is 22.3 Å². The molecule has 6 nitrogen and oxygen atoms in total. The summed E-state index contributed by atoms with van der Waals surface area (Å²) >= 11 is 7.40. The molecule has 10 heteroatoms. The molecule has 0 bridgehead atoms. The molecule has 0 atom stereocenters. The van der Waals surface area contributed by atoms with Gasteiger partial charge in [-0.15, -0.1) is 0 Å². The number of carbonyl (C=O) groups is 1. The molecule has 0 heterocycles. The molecule has 0 saturated heterocycles. The van der Waals surface area contributed by atoms with E-state index in [2.05, 4.69) is 5.32 Å². The molecule has 0 aliphatic heterocycles. The van der Waals surface area contributed by atoms with Crippen LogP contribution in [0.1, 0.15) is 12.5 Å². The second-order valence-electron chi connectivity index (χ2n) is 6.30. The highest BCUT2D eigenvalue weighted by Crippen LogP contribution is 2.24. The Labute approximate surface area is 185 Å². The highest BCUT2D eigenvalue weighted by Gasteiger charge is 2.20. The lowest BCUT2D eigenvalue weighted by Crippen LogP contribution is -2.41. The first-order chi connectivity index (χ1) is 14.2. The number of hydrogen-bond acceptors (Lipinski definition) is 5. The highest BCUT2D eigenvalue weighted by atomic mass is 35.5. The van der Waals surface area contributed by atoms with Crippen LogP contribution in [0.5, 0.6) is 5.75 Å². The fourth-order valence-corrected chi connectivity index (χ4v) is 4.62. The van der Waals surface area contributed by atoms with Crippen molar-refractivity contribution in [3.05, 3.63) is 58.9 Å². The first-order valence-corrected chi connectivity index (χ1v) is 12.6. The normalized spacial score (nSPS) is 11.2. The van der Waals surface area contributed by atoms with Crippen molar-refractivity contribution >= 4 is 45.0 Å². The van der Waals surface area contributed by atoms with E-state index in [-0.39, 0.29) is 12.4 Å². The van der Waals surface area contributed by atoms with Crippen LogP contribution >= 0.6 is 23.4 Å². The monoisotopic (exact) mass is 474 g/mol. The Hall–Kier alpha value is -1.97. The summed E-state index contributed by atoms with van der Waals surface area (Å²) in [6.45, 7) is 2.33. The molecule has 1 N–H and O–H groups in total. The third kappa shape index (κ3) is 7.37. The minimum atomic E-state index is -3.65. The van der Waals surface area contributed by atoms with Crippen LogP contribution in [0.2, 0.25) is 5.02 Å². The number of carbonyl (C=O) groups excluding carboxylic acids is 1. The van der Waals surface area contributed by atoms with E-state index in [4.69, 9.17) is 16.3 Å². The van der Waals surface area contributed by atoms with Crippen molar-refractivity contribution in [1.82, 2.24) is 5.32 Å². The Morgan fingerprint density at radius 3 is 2.53 bits per heavy atom. The van der Waals surface area contributed by atoms with E-state index in [1.165, 1.54) is 17.8 Å². The van der Waals surface area contributed by atoms with Gasteiger partial charge in [0.1, 0.15) is 18.1 Å². The van der Waals surface area contributed by atoms with Gasteiger partial charge in [-0.1, -0.05) is 17.7 Å². The number of rotatable bonds is 11. The molecule has 0 spiro atoms. The number of nitrogens with zero attached hydrogens (tertiary/aromatic N) is 1. The van der Waals surface area contributed by atoms with E-state index >= 15 is 0 Å². The van der Waals surface area contributed by atoms with Gasteiger partial charge in [-0.3, -0.25) is 9.10 Å². The lowest BCUT2D eigenvalue weighted by atomic mass is 10.2. The quantitative estimate of drug-likeness (QED) is 0.503. The van der Waals surface area contributed by atoms with Crippen LogP contribution in [-0.4, -0.2) is 46.0 Å². The molecular weight excluding hydrogens is 451 g/mol. The summed E-state index contributed by atoms with van der Waals surface area (Å²) in [6, 6.07) is 11.0. The second-order valence-corrected chi connectivity index (χ2v) is 9.72. The van der Waals surface area contributed by atoms with E-state index in [0.29, 0.717) is 46.7 Å². The van der Waals surface area contributed by atoms with E-state index < -0.39 is 15.9 Å². The maximum Gasteiger partial charge on any atom is 0.240 e. The molecule has 0 aliphatic rings. The van der Waals surface area contributed by atoms with Gasteiger partial charge in [0.25, 0.3) is 0 Å². The maximum atomic E-state index is 13.7. The average molecular weight is 475 g/mol. The standard InChI is InChI=1S/C20H24ClFN2O4S2/c1-3-28-16-9-7-15(8-10-16)24(30(2,26)27)13-20(25)23-11-12-29-14-17-18(21)5-4-6-19(17)22/h4-10H,3,11-14H2,1-2H3,(H,23,25). The molecule has 0 saturated carbocycles. The maximum absolute atomic E-state index is 13.7. The van der Waals surface area contributed by atoms with Crippen molar-refractivity contribution in [3.8, 4) is 5.75 Å². The van der Waals surface area contributed by atoms with E-state index in [9.17, 15) is 17.6 Å². The van der Waals surface area contributed by atoms with E-state index in [1.807, 2.05) is 6.92 Å². The molecule has 2 aromatic carbocycles. The van der Waals surface area contributed by atoms with Crippen LogP contribution in [0.4, 0.5) is 10.1 Å². The number of ether oxygens (including phenoxy) is 1. The second kappa shape index (κ2) is 11.4. The SMILES string of the molecule is CCOc1ccc(N(CC(=O)NCCSCc2c(F)cccc2Cl)S(C)(=O)=O)cc1. The first-order valence-electron chi connectivity index (χ1n) is 9.20. The van der Waals surface area contributed by atoms with Gasteiger partial charge in [-0.25, -0.2) is 12.8 Å². The molecule has 0 aliphatic carbocycles. The number of halogens is 2. The highest BCUT2D eigenvalue weighted by molar-refractivity contribution is 7.98. The average Bonchev–Trinajstić information content (AvgIpc) is 2.68. The van der Waals surface area contributed by atoms with Gasteiger partial charge in [-0.2, -0.15) is 11.8 Å². The summed E-state index contributed by atoms with van der Waals surface area (Å²) in [7, 11) is -3.65. The number of anilines is 1. The third-order valence-corrected chi connectivity index (χ3v) is 6.48. The van der Waals surface area contributed by atoms with Crippen LogP contribution < -0.4 is 14.4 Å². The van der Waals surface area contributed by atoms with Gasteiger partial charge >= 0.3 is 0 Å². The van der Waals surface area contributed by atoms with E-state index in [1.54, 1.807) is 36.4 Å². The Bertz CT molecular complexity index is 936. The minimum Gasteiger partial charge on any atom is -0.494 e. The summed E-state index contributed by atoms with van der Waals surface area (Å²) in [6.07, 6.45) is 1.05. The number of hydrogen-bond donors (Lipinski definition) is 1. The molecule has 30 heavy (non-hydrogen) atoms. The van der Waals surface area contributed by atoms with Crippen LogP contribution in [0.15, 0.2) is 42.5 Å². The van der Waals surface area contributed by atoms with Crippen LogP contribution in [-0.2, 0) is 20.6 Å². The molecule has 2 aromatic rings. The zero-order valence-corrected chi connectivity index (χ0v) is 19.1. The summed E-state index contributed by atoms with van der Waals surface area (Å²) < 4.78 is 44.4. The Morgan fingerprint density at radius 1 is 1.23 bits per heavy atom. The topological polar surface area (TPSA) is 75.7 Å². The number of benzene rings is 2. The van der Waals surface area contributed by atoms with Gasteiger partial charge in [0.05, 0.1) is 18.6 Å². The predicted octanol–water partition coefficient (Wildman–Crippen LogP) is 3.69. The molecule has 1 amide bonds. The first kappa shape index (κ1) is 24.3. The largest absolute Gasteiger partial charge is 0.494 e. The van der Waals surface area contributed by atoms with Gasteiger partial charge in [0, 0.05) is 28.6 Å². The van der Waals surface area contributed by atoms with E-state index in [0.717, 1.165) is 10.6 Å². The molecular formula is C20H24ClFN2O4S2. The van der Waals surface area contributed by atoms with Gasteiger partial charge in [-0.05, 0) is 43.3 Å².